The van der Waals surface area contributed by atoms with Gasteiger partial charge in [-0.2, -0.15) is 0 Å². The van der Waals surface area contributed by atoms with Crippen molar-refractivity contribution in [1.82, 2.24) is 0 Å². The van der Waals surface area contributed by atoms with Gasteiger partial charge in [-0.05, 0) is 24.5 Å². The van der Waals surface area contributed by atoms with Gasteiger partial charge in [0.15, 0.2) is 0 Å². The quantitative estimate of drug-likeness (QED) is 0.898. The van der Waals surface area contributed by atoms with Crippen molar-refractivity contribution in [2.75, 3.05) is 0 Å². The summed E-state index contributed by atoms with van der Waals surface area (Å²) in [5, 5.41) is 0.335. The van der Waals surface area contributed by atoms with Crippen LogP contribution in [0.25, 0.3) is 0 Å². The molecule has 0 aromatic heterocycles. The molecule has 1 unspecified atom stereocenters. The van der Waals surface area contributed by atoms with Crippen molar-refractivity contribution in [1.29, 1.82) is 0 Å². The molecule has 2 rings (SSSR count). The number of halogens is 1. The van der Waals surface area contributed by atoms with Crippen LogP contribution in [0.15, 0.2) is 18.2 Å². The Hall–Kier alpha value is -0.740. The molecular formula is C13H18FNOS. The molecule has 0 aliphatic heterocycles. The van der Waals surface area contributed by atoms with Crippen LogP contribution in [0.2, 0.25) is 0 Å². The molecule has 1 aliphatic carbocycles. The van der Waals surface area contributed by atoms with E-state index in [-0.39, 0.29) is 12.4 Å². The van der Waals surface area contributed by atoms with E-state index in [1.165, 1.54) is 18.9 Å². The Labute approximate surface area is 104 Å². The van der Waals surface area contributed by atoms with Gasteiger partial charge in [0.25, 0.3) is 0 Å². The topological polar surface area (TPSA) is 43.1 Å². The second-order valence-corrected chi connectivity index (χ2v) is 6.28. The first-order valence-corrected chi connectivity index (χ1v) is 7.43. The molecule has 1 atom stereocenters. The average molecular weight is 255 g/mol. The minimum Gasteiger partial charge on any atom is -0.326 e. The fraction of sp³-hybridized carbons (Fsp3) is 0.538. The van der Waals surface area contributed by atoms with Crippen LogP contribution in [0.1, 0.15) is 36.8 Å². The maximum absolute atomic E-state index is 13.3. The summed E-state index contributed by atoms with van der Waals surface area (Å²) in [7, 11) is -0.826. The Balaban J connectivity index is 2.05. The molecule has 0 spiro atoms. The van der Waals surface area contributed by atoms with Crippen LogP contribution in [0, 0.1) is 5.82 Å². The summed E-state index contributed by atoms with van der Waals surface area (Å²) in [6, 6.07) is 4.87. The summed E-state index contributed by atoms with van der Waals surface area (Å²) in [6.45, 7) is 0.190. The van der Waals surface area contributed by atoms with Crippen LogP contribution in [0.5, 0.6) is 0 Å². The molecule has 17 heavy (non-hydrogen) atoms. The molecule has 2 nitrogen and oxygen atoms in total. The highest BCUT2D eigenvalue weighted by molar-refractivity contribution is 7.84. The van der Waals surface area contributed by atoms with Crippen molar-refractivity contribution in [3.05, 3.63) is 35.1 Å². The Kier molecular flexibility index (Phi) is 4.29. The van der Waals surface area contributed by atoms with Crippen LogP contribution in [0.4, 0.5) is 4.39 Å². The third-order valence-electron chi connectivity index (χ3n) is 3.31. The molecule has 94 valence electrons. The van der Waals surface area contributed by atoms with Crippen LogP contribution >= 0.6 is 0 Å². The van der Waals surface area contributed by atoms with E-state index in [0.717, 1.165) is 18.4 Å². The fourth-order valence-electron chi connectivity index (χ4n) is 2.31. The Bertz CT molecular complexity index is 416. The number of benzene rings is 1. The lowest BCUT2D eigenvalue weighted by atomic mass is 10.1. The average Bonchev–Trinajstić information content (AvgIpc) is 2.85. The van der Waals surface area contributed by atoms with E-state index in [2.05, 4.69) is 0 Å². The first-order valence-electron chi connectivity index (χ1n) is 6.05. The lowest BCUT2D eigenvalue weighted by molar-refractivity contribution is 0.610. The maximum atomic E-state index is 13.3. The monoisotopic (exact) mass is 255 g/mol. The number of nitrogens with two attached hydrogens (primary N) is 1. The summed E-state index contributed by atoms with van der Waals surface area (Å²) < 4.78 is 25.3. The van der Waals surface area contributed by atoms with Gasteiger partial charge < -0.3 is 5.73 Å². The molecular weight excluding hydrogens is 237 g/mol. The Morgan fingerprint density at radius 1 is 1.35 bits per heavy atom. The molecule has 0 radical (unpaired) electrons. The van der Waals surface area contributed by atoms with Crippen molar-refractivity contribution in [3.63, 3.8) is 0 Å². The largest absolute Gasteiger partial charge is 0.326 e. The van der Waals surface area contributed by atoms with E-state index in [0.29, 0.717) is 16.6 Å². The molecule has 1 saturated carbocycles. The van der Waals surface area contributed by atoms with Crippen molar-refractivity contribution < 1.29 is 8.60 Å². The molecule has 1 aromatic carbocycles. The third-order valence-corrected chi connectivity index (χ3v) is 5.15. The minimum absolute atomic E-state index is 0.190. The molecule has 2 N–H and O–H groups in total. The maximum Gasteiger partial charge on any atom is 0.127 e. The van der Waals surface area contributed by atoms with Gasteiger partial charge in [-0.25, -0.2) is 4.39 Å². The predicted octanol–water partition coefficient (Wildman–Crippen LogP) is 2.48. The first-order chi connectivity index (χ1) is 8.20. The second kappa shape index (κ2) is 5.74. The standard InChI is InChI=1S/C13H18FNOS/c14-13-6-5-10(7-11(13)8-15)9-17(16)12-3-1-2-4-12/h5-7,12H,1-4,8-9,15H2. The predicted molar refractivity (Wildman–Crippen MR) is 68.4 cm³/mol. The van der Waals surface area contributed by atoms with Crippen molar-refractivity contribution in [2.24, 2.45) is 5.73 Å². The highest BCUT2D eigenvalue weighted by Gasteiger charge is 2.21. The highest BCUT2D eigenvalue weighted by Crippen LogP contribution is 2.25. The smallest absolute Gasteiger partial charge is 0.127 e. The van der Waals surface area contributed by atoms with Gasteiger partial charge in [0.1, 0.15) is 5.82 Å². The number of rotatable bonds is 4. The number of hydrogen-bond acceptors (Lipinski definition) is 2. The van der Waals surface area contributed by atoms with Gasteiger partial charge in [0.2, 0.25) is 0 Å². The van der Waals surface area contributed by atoms with Gasteiger partial charge >= 0.3 is 0 Å². The Morgan fingerprint density at radius 2 is 2.06 bits per heavy atom. The molecule has 0 saturated heterocycles. The zero-order chi connectivity index (χ0) is 12.3. The van der Waals surface area contributed by atoms with Crippen LogP contribution in [-0.4, -0.2) is 9.46 Å². The lowest BCUT2D eigenvalue weighted by Gasteiger charge is -2.10. The van der Waals surface area contributed by atoms with E-state index < -0.39 is 10.8 Å². The molecule has 0 bridgehead atoms. The van der Waals surface area contributed by atoms with Crippen molar-refractivity contribution >= 4 is 10.8 Å². The summed E-state index contributed by atoms with van der Waals surface area (Å²) >= 11 is 0. The van der Waals surface area contributed by atoms with Crippen LogP contribution in [0.3, 0.4) is 0 Å². The molecule has 1 aromatic rings. The van der Waals surface area contributed by atoms with Gasteiger partial charge in [-0.3, -0.25) is 4.21 Å². The summed E-state index contributed by atoms with van der Waals surface area (Å²) in [5.74, 6) is 0.251. The zero-order valence-corrected chi connectivity index (χ0v) is 10.6. The number of hydrogen-bond donors (Lipinski definition) is 1. The summed E-state index contributed by atoms with van der Waals surface area (Å²) in [6.07, 6.45) is 4.51. The third kappa shape index (κ3) is 3.13. The molecule has 4 heteroatoms. The summed E-state index contributed by atoms with van der Waals surface area (Å²) in [4.78, 5) is 0. The van der Waals surface area contributed by atoms with E-state index in [1.54, 1.807) is 12.1 Å². The molecule has 1 aliphatic rings. The van der Waals surface area contributed by atoms with Gasteiger partial charge in [-0.15, -0.1) is 0 Å². The van der Waals surface area contributed by atoms with Gasteiger partial charge in [0, 0.05) is 33.9 Å². The van der Waals surface area contributed by atoms with Crippen LogP contribution in [-0.2, 0) is 23.1 Å². The van der Waals surface area contributed by atoms with Crippen LogP contribution < -0.4 is 5.73 Å². The van der Waals surface area contributed by atoms with E-state index in [1.807, 2.05) is 0 Å². The fourth-order valence-corrected chi connectivity index (χ4v) is 3.91. The SMILES string of the molecule is NCc1cc(CS(=O)C2CCCC2)ccc1F. The Morgan fingerprint density at radius 3 is 2.71 bits per heavy atom. The van der Waals surface area contributed by atoms with E-state index >= 15 is 0 Å². The van der Waals surface area contributed by atoms with Gasteiger partial charge in [0.05, 0.1) is 0 Å². The molecule has 0 amide bonds. The molecule has 1 fully saturated rings. The van der Waals surface area contributed by atoms with Gasteiger partial charge in [-0.1, -0.05) is 25.0 Å². The lowest BCUT2D eigenvalue weighted by Crippen LogP contribution is -2.12. The zero-order valence-electron chi connectivity index (χ0n) is 9.82. The normalized spacial score (nSPS) is 18.5. The minimum atomic E-state index is -0.826. The van der Waals surface area contributed by atoms with E-state index in [4.69, 9.17) is 5.73 Å². The highest BCUT2D eigenvalue weighted by atomic mass is 32.2. The summed E-state index contributed by atoms with van der Waals surface area (Å²) in [5.41, 5.74) is 6.89. The second-order valence-electron chi connectivity index (χ2n) is 4.56. The van der Waals surface area contributed by atoms with Crippen molar-refractivity contribution in [2.45, 2.75) is 43.2 Å². The first kappa shape index (κ1) is 12.7. The van der Waals surface area contributed by atoms with E-state index in [9.17, 15) is 8.60 Å². The van der Waals surface area contributed by atoms with Crippen molar-refractivity contribution in [3.8, 4) is 0 Å². The molecule has 0 heterocycles.